The number of nitrogens with one attached hydrogen (secondary N) is 1. The molecule has 1 rings (SSSR count). The molecule has 96 valence electrons. The summed E-state index contributed by atoms with van der Waals surface area (Å²) in [4.78, 5) is 11.5. The molecule has 3 N–H and O–H groups in total. The van der Waals surface area contributed by atoms with Crippen LogP contribution in [0.3, 0.4) is 0 Å². The van der Waals surface area contributed by atoms with Crippen LogP contribution < -0.4 is 11.1 Å². The van der Waals surface area contributed by atoms with Gasteiger partial charge in [-0.3, -0.25) is 4.79 Å². The van der Waals surface area contributed by atoms with Gasteiger partial charge in [0.1, 0.15) is 5.01 Å². The lowest BCUT2D eigenvalue weighted by Crippen LogP contribution is -2.11. The predicted molar refractivity (Wildman–Crippen MR) is 70.0 cm³/mol. The summed E-state index contributed by atoms with van der Waals surface area (Å²) in [7, 11) is 0. The van der Waals surface area contributed by atoms with E-state index >= 15 is 0 Å². The van der Waals surface area contributed by atoms with Crippen molar-refractivity contribution in [1.29, 1.82) is 0 Å². The first-order valence-electron chi connectivity index (χ1n) is 5.94. The lowest BCUT2D eigenvalue weighted by Gasteiger charge is -2.00. The van der Waals surface area contributed by atoms with Gasteiger partial charge in [0.2, 0.25) is 11.0 Å². The minimum Gasteiger partial charge on any atom is -0.330 e. The van der Waals surface area contributed by atoms with Crippen molar-refractivity contribution in [3.63, 3.8) is 0 Å². The second kappa shape index (κ2) is 7.34. The Morgan fingerprint density at radius 1 is 1.41 bits per heavy atom. The minimum atomic E-state index is -0.00861. The van der Waals surface area contributed by atoms with Crippen LogP contribution in [0.4, 0.5) is 5.13 Å². The standard InChI is InChI=1S/C11H20N4OS/c1-8(2)7-10-14-15-11(17-10)13-9(16)5-3-4-6-12/h8H,3-7,12H2,1-2H3,(H,13,15,16). The molecule has 1 heterocycles. The lowest BCUT2D eigenvalue weighted by atomic mass is 10.1. The van der Waals surface area contributed by atoms with Crippen LogP contribution in [0, 0.1) is 5.92 Å². The van der Waals surface area contributed by atoms with Crippen LogP contribution in [0.5, 0.6) is 0 Å². The number of rotatable bonds is 7. The number of unbranched alkanes of at least 4 members (excludes halogenated alkanes) is 1. The number of hydrogen-bond donors (Lipinski definition) is 2. The smallest absolute Gasteiger partial charge is 0.226 e. The molecular weight excluding hydrogens is 236 g/mol. The van der Waals surface area contributed by atoms with Crippen molar-refractivity contribution in [1.82, 2.24) is 10.2 Å². The predicted octanol–water partition coefficient (Wildman–Crippen LogP) is 1.80. The summed E-state index contributed by atoms with van der Waals surface area (Å²) in [5, 5.41) is 12.3. The van der Waals surface area contributed by atoms with E-state index in [1.807, 2.05) is 0 Å². The molecule has 0 aliphatic carbocycles. The zero-order valence-electron chi connectivity index (χ0n) is 10.4. The molecule has 0 fully saturated rings. The molecule has 6 heteroatoms. The normalized spacial score (nSPS) is 10.8. The summed E-state index contributed by atoms with van der Waals surface area (Å²) in [6.45, 7) is 4.89. The van der Waals surface area contributed by atoms with Crippen molar-refractivity contribution >= 4 is 22.4 Å². The summed E-state index contributed by atoms with van der Waals surface area (Å²) in [6, 6.07) is 0. The molecule has 0 radical (unpaired) electrons. The van der Waals surface area contributed by atoms with E-state index in [4.69, 9.17) is 5.73 Å². The molecule has 0 atom stereocenters. The Balaban J connectivity index is 2.35. The fourth-order valence-corrected chi connectivity index (χ4v) is 2.32. The fourth-order valence-electron chi connectivity index (χ4n) is 1.35. The summed E-state index contributed by atoms with van der Waals surface area (Å²) < 4.78 is 0. The highest BCUT2D eigenvalue weighted by molar-refractivity contribution is 7.15. The molecule has 17 heavy (non-hydrogen) atoms. The van der Waals surface area contributed by atoms with Gasteiger partial charge in [-0.1, -0.05) is 25.2 Å². The molecule has 0 aliphatic heterocycles. The molecule has 5 nitrogen and oxygen atoms in total. The van der Waals surface area contributed by atoms with E-state index < -0.39 is 0 Å². The van der Waals surface area contributed by atoms with Gasteiger partial charge in [0.05, 0.1) is 0 Å². The van der Waals surface area contributed by atoms with Gasteiger partial charge in [-0.2, -0.15) is 0 Å². The van der Waals surface area contributed by atoms with Crippen molar-refractivity contribution in [2.75, 3.05) is 11.9 Å². The first-order valence-corrected chi connectivity index (χ1v) is 6.75. The van der Waals surface area contributed by atoms with Crippen LogP contribution in [-0.4, -0.2) is 22.6 Å². The van der Waals surface area contributed by atoms with E-state index in [9.17, 15) is 4.79 Å². The van der Waals surface area contributed by atoms with Gasteiger partial charge in [-0.05, 0) is 25.3 Å². The van der Waals surface area contributed by atoms with Crippen LogP contribution in [0.1, 0.15) is 38.1 Å². The zero-order chi connectivity index (χ0) is 12.7. The van der Waals surface area contributed by atoms with Crippen LogP contribution in [0.2, 0.25) is 0 Å². The maximum Gasteiger partial charge on any atom is 0.226 e. The lowest BCUT2D eigenvalue weighted by molar-refractivity contribution is -0.116. The summed E-state index contributed by atoms with van der Waals surface area (Å²) in [5.74, 6) is 0.543. The van der Waals surface area contributed by atoms with Gasteiger partial charge in [-0.15, -0.1) is 10.2 Å². The molecule has 0 saturated heterocycles. The highest BCUT2D eigenvalue weighted by atomic mass is 32.1. The van der Waals surface area contributed by atoms with E-state index in [-0.39, 0.29) is 5.91 Å². The Labute approximate surface area is 106 Å². The maximum atomic E-state index is 11.5. The fraction of sp³-hybridized carbons (Fsp3) is 0.727. The average Bonchev–Trinajstić information content (AvgIpc) is 2.64. The molecule has 1 amide bonds. The number of hydrogen-bond acceptors (Lipinski definition) is 5. The Hall–Kier alpha value is -1.01. The van der Waals surface area contributed by atoms with Crippen molar-refractivity contribution in [3.05, 3.63) is 5.01 Å². The molecule has 0 bridgehead atoms. The number of carbonyl (C=O) groups is 1. The number of nitrogens with two attached hydrogens (primary N) is 1. The summed E-state index contributed by atoms with van der Waals surface area (Å²) in [5.41, 5.74) is 5.36. The number of anilines is 1. The van der Waals surface area contributed by atoms with E-state index in [1.165, 1.54) is 11.3 Å². The van der Waals surface area contributed by atoms with Gasteiger partial charge < -0.3 is 11.1 Å². The monoisotopic (exact) mass is 256 g/mol. The topological polar surface area (TPSA) is 80.9 Å². The van der Waals surface area contributed by atoms with E-state index in [0.717, 1.165) is 24.3 Å². The maximum absolute atomic E-state index is 11.5. The van der Waals surface area contributed by atoms with Gasteiger partial charge in [0.15, 0.2) is 0 Å². The largest absolute Gasteiger partial charge is 0.330 e. The first kappa shape index (κ1) is 14.1. The summed E-state index contributed by atoms with van der Waals surface area (Å²) in [6.07, 6.45) is 3.10. The third-order valence-corrected chi connectivity index (χ3v) is 3.02. The van der Waals surface area contributed by atoms with Gasteiger partial charge in [-0.25, -0.2) is 0 Å². The molecule has 0 aromatic carbocycles. The van der Waals surface area contributed by atoms with Gasteiger partial charge in [0.25, 0.3) is 0 Å². The third kappa shape index (κ3) is 5.74. The molecule has 1 aromatic rings. The highest BCUT2D eigenvalue weighted by Crippen LogP contribution is 2.18. The molecule has 0 unspecified atom stereocenters. The van der Waals surface area contributed by atoms with Crippen molar-refractivity contribution in [2.24, 2.45) is 11.7 Å². The second-order valence-corrected chi connectivity index (χ2v) is 5.45. The van der Waals surface area contributed by atoms with E-state index in [2.05, 4.69) is 29.4 Å². The van der Waals surface area contributed by atoms with Gasteiger partial charge >= 0.3 is 0 Å². The van der Waals surface area contributed by atoms with Crippen LogP contribution in [0.25, 0.3) is 0 Å². The van der Waals surface area contributed by atoms with Crippen molar-refractivity contribution < 1.29 is 4.79 Å². The third-order valence-electron chi connectivity index (χ3n) is 2.15. The highest BCUT2D eigenvalue weighted by Gasteiger charge is 2.08. The van der Waals surface area contributed by atoms with Crippen molar-refractivity contribution in [3.8, 4) is 0 Å². The Bertz CT molecular complexity index is 351. The number of amides is 1. The summed E-state index contributed by atoms with van der Waals surface area (Å²) >= 11 is 1.45. The molecule has 0 spiro atoms. The number of carbonyl (C=O) groups excluding carboxylic acids is 1. The van der Waals surface area contributed by atoms with Gasteiger partial charge in [0, 0.05) is 12.8 Å². The molecule has 0 saturated carbocycles. The van der Waals surface area contributed by atoms with Crippen LogP contribution in [-0.2, 0) is 11.2 Å². The van der Waals surface area contributed by atoms with Crippen LogP contribution >= 0.6 is 11.3 Å². The molecular formula is C11H20N4OS. The van der Waals surface area contributed by atoms with Crippen molar-refractivity contribution in [2.45, 2.75) is 39.5 Å². The number of nitrogens with zero attached hydrogens (tertiary/aromatic N) is 2. The Morgan fingerprint density at radius 2 is 2.18 bits per heavy atom. The average molecular weight is 256 g/mol. The molecule has 1 aromatic heterocycles. The Morgan fingerprint density at radius 3 is 2.82 bits per heavy atom. The zero-order valence-corrected chi connectivity index (χ0v) is 11.2. The van der Waals surface area contributed by atoms with E-state index in [1.54, 1.807) is 0 Å². The second-order valence-electron chi connectivity index (χ2n) is 4.39. The quantitative estimate of drug-likeness (QED) is 0.729. The Kier molecular flexibility index (Phi) is 6.07. The first-order chi connectivity index (χ1) is 8.11. The number of aromatic nitrogens is 2. The van der Waals surface area contributed by atoms with Crippen LogP contribution in [0.15, 0.2) is 0 Å². The molecule has 0 aliphatic rings. The van der Waals surface area contributed by atoms with E-state index in [0.29, 0.717) is 24.0 Å². The minimum absolute atomic E-state index is 0.00861. The SMILES string of the molecule is CC(C)Cc1nnc(NC(=O)CCCCN)s1.